The zero-order valence-corrected chi connectivity index (χ0v) is 16.8. The summed E-state index contributed by atoms with van der Waals surface area (Å²) in [5, 5.41) is 23.7. The molecular formula is C20H21N3O8. The SMILES string of the molecule is CCOc1cc(/C=N\NC(=O)COc2ccccc2[N+](=O)[O-])ccc1O[C@@H](C)C(=O)O. The molecule has 0 saturated heterocycles. The maximum Gasteiger partial charge on any atom is 0.344 e. The maximum atomic E-state index is 11.9. The Bertz CT molecular complexity index is 977. The van der Waals surface area contributed by atoms with E-state index < -0.39 is 29.5 Å². The van der Waals surface area contributed by atoms with Gasteiger partial charge in [0.2, 0.25) is 0 Å². The van der Waals surface area contributed by atoms with Crippen molar-refractivity contribution in [3.05, 3.63) is 58.1 Å². The number of rotatable bonds is 11. The number of carbonyl (C=O) groups excluding carboxylic acids is 1. The Morgan fingerprint density at radius 1 is 1.19 bits per heavy atom. The monoisotopic (exact) mass is 431 g/mol. The van der Waals surface area contributed by atoms with E-state index in [-0.39, 0.29) is 17.2 Å². The van der Waals surface area contributed by atoms with Crippen LogP contribution in [-0.4, -0.2) is 47.4 Å². The van der Waals surface area contributed by atoms with Gasteiger partial charge in [0.25, 0.3) is 5.91 Å². The van der Waals surface area contributed by atoms with Crippen molar-refractivity contribution in [2.24, 2.45) is 5.10 Å². The molecule has 0 fully saturated rings. The lowest BCUT2D eigenvalue weighted by Crippen LogP contribution is -2.24. The number of hydrazone groups is 1. The number of nitro benzene ring substituents is 1. The van der Waals surface area contributed by atoms with Crippen LogP contribution in [0.3, 0.4) is 0 Å². The number of carboxylic acids is 1. The van der Waals surface area contributed by atoms with E-state index in [1.807, 2.05) is 0 Å². The number of para-hydroxylation sites is 2. The molecule has 2 rings (SSSR count). The predicted molar refractivity (Wildman–Crippen MR) is 110 cm³/mol. The smallest absolute Gasteiger partial charge is 0.344 e. The minimum absolute atomic E-state index is 0.0286. The van der Waals surface area contributed by atoms with Crippen molar-refractivity contribution in [2.45, 2.75) is 20.0 Å². The number of carboxylic acid groups (broad SMARTS) is 1. The molecule has 11 heteroatoms. The van der Waals surface area contributed by atoms with Gasteiger partial charge in [0.05, 0.1) is 17.7 Å². The van der Waals surface area contributed by atoms with Crippen LogP contribution in [0.25, 0.3) is 0 Å². The number of hydrogen-bond donors (Lipinski definition) is 2. The standard InChI is InChI=1S/C20H21N3O8/c1-3-29-18-10-14(8-9-17(18)31-13(2)20(25)26)11-21-22-19(24)12-30-16-7-5-4-6-15(16)23(27)28/h4-11,13H,3,12H2,1-2H3,(H,22,24)(H,25,26)/b21-11-/t13-/m0/s1. The van der Waals surface area contributed by atoms with Gasteiger partial charge in [-0.15, -0.1) is 0 Å². The fourth-order valence-corrected chi connectivity index (χ4v) is 2.30. The highest BCUT2D eigenvalue weighted by Crippen LogP contribution is 2.29. The first-order valence-corrected chi connectivity index (χ1v) is 9.16. The molecule has 31 heavy (non-hydrogen) atoms. The fourth-order valence-electron chi connectivity index (χ4n) is 2.30. The van der Waals surface area contributed by atoms with Crippen molar-refractivity contribution >= 4 is 23.8 Å². The Morgan fingerprint density at radius 3 is 2.61 bits per heavy atom. The van der Waals surface area contributed by atoms with Gasteiger partial charge in [-0.2, -0.15) is 5.10 Å². The first-order chi connectivity index (χ1) is 14.8. The molecule has 0 aromatic heterocycles. The van der Waals surface area contributed by atoms with Gasteiger partial charge in [-0.05, 0) is 43.7 Å². The molecule has 0 saturated carbocycles. The summed E-state index contributed by atoms with van der Waals surface area (Å²) >= 11 is 0. The van der Waals surface area contributed by atoms with Crippen LogP contribution >= 0.6 is 0 Å². The topological polar surface area (TPSA) is 150 Å². The molecule has 164 valence electrons. The number of aliphatic carboxylic acids is 1. The highest BCUT2D eigenvalue weighted by molar-refractivity contribution is 5.83. The highest BCUT2D eigenvalue weighted by Gasteiger charge is 2.16. The van der Waals surface area contributed by atoms with Gasteiger partial charge >= 0.3 is 11.7 Å². The number of hydrogen-bond acceptors (Lipinski definition) is 8. The number of nitrogens with one attached hydrogen (secondary N) is 1. The van der Waals surface area contributed by atoms with E-state index in [9.17, 15) is 19.7 Å². The summed E-state index contributed by atoms with van der Waals surface area (Å²) in [4.78, 5) is 33.2. The molecule has 0 aliphatic heterocycles. The number of benzene rings is 2. The zero-order valence-electron chi connectivity index (χ0n) is 16.8. The molecule has 0 unspecified atom stereocenters. The average Bonchev–Trinajstić information content (AvgIpc) is 2.74. The molecule has 2 aromatic carbocycles. The van der Waals surface area contributed by atoms with Gasteiger partial charge in [-0.3, -0.25) is 14.9 Å². The Hall–Kier alpha value is -4.15. The number of carbonyl (C=O) groups is 2. The summed E-state index contributed by atoms with van der Waals surface area (Å²) in [6.45, 7) is 3.03. The second-order valence-electron chi connectivity index (χ2n) is 6.04. The van der Waals surface area contributed by atoms with E-state index in [1.54, 1.807) is 25.1 Å². The van der Waals surface area contributed by atoms with E-state index >= 15 is 0 Å². The van der Waals surface area contributed by atoms with E-state index in [4.69, 9.17) is 19.3 Å². The normalized spacial score (nSPS) is 11.5. The molecule has 1 amide bonds. The Labute approximate surface area is 177 Å². The largest absolute Gasteiger partial charge is 0.490 e. The minimum atomic E-state index is -1.11. The first kappa shape index (κ1) is 23.1. The third-order valence-electron chi connectivity index (χ3n) is 3.74. The lowest BCUT2D eigenvalue weighted by Gasteiger charge is -2.15. The van der Waals surface area contributed by atoms with E-state index in [0.29, 0.717) is 17.9 Å². The van der Waals surface area contributed by atoms with Crippen molar-refractivity contribution in [3.8, 4) is 17.2 Å². The van der Waals surface area contributed by atoms with Crippen molar-refractivity contribution < 1.29 is 33.8 Å². The molecule has 0 radical (unpaired) electrons. The maximum absolute atomic E-state index is 11.9. The molecule has 11 nitrogen and oxygen atoms in total. The van der Waals surface area contributed by atoms with Gasteiger partial charge in [0.1, 0.15) is 0 Å². The summed E-state index contributed by atoms with van der Waals surface area (Å²) in [5.74, 6) is -1.17. The van der Waals surface area contributed by atoms with Crippen molar-refractivity contribution in [2.75, 3.05) is 13.2 Å². The molecule has 0 aliphatic carbocycles. The number of nitrogens with zero attached hydrogens (tertiary/aromatic N) is 2. The third kappa shape index (κ3) is 6.99. The van der Waals surface area contributed by atoms with Crippen LogP contribution in [0.4, 0.5) is 5.69 Å². The second-order valence-corrected chi connectivity index (χ2v) is 6.04. The Balaban J connectivity index is 1.97. The lowest BCUT2D eigenvalue weighted by atomic mass is 10.2. The first-order valence-electron chi connectivity index (χ1n) is 9.16. The summed E-state index contributed by atoms with van der Waals surface area (Å²) in [5.41, 5.74) is 2.56. The molecule has 2 aromatic rings. The van der Waals surface area contributed by atoms with Crippen LogP contribution < -0.4 is 19.6 Å². The quantitative estimate of drug-likeness (QED) is 0.313. The van der Waals surface area contributed by atoms with E-state index in [1.165, 1.54) is 37.4 Å². The van der Waals surface area contributed by atoms with Crippen LogP contribution in [0, 0.1) is 10.1 Å². The number of nitro groups is 1. The van der Waals surface area contributed by atoms with Crippen molar-refractivity contribution in [1.29, 1.82) is 0 Å². The van der Waals surface area contributed by atoms with Gasteiger partial charge in [0.15, 0.2) is 30.0 Å². The van der Waals surface area contributed by atoms with Crippen molar-refractivity contribution in [3.63, 3.8) is 0 Å². The van der Waals surface area contributed by atoms with Crippen molar-refractivity contribution in [1.82, 2.24) is 5.43 Å². The van der Waals surface area contributed by atoms with Crippen LogP contribution in [-0.2, 0) is 9.59 Å². The lowest BCUT2D eigenvalue weighted by molar-refractivity contribution is -0.385. The molecular weight excluding hydrogens is 410 g/mol. The van der Waals surface area contributed by atoms with E-state index in [2.05, 4.69) is 10.5 Å². The summed E-state index contributed by atoms with van der Waals surface area (Å²) < 4.78 is 16.0. The Morgan fingerprint density at radius 2 is 1.94 bits per heavy atom. The third-order valence-corrected chi connectivity index (χ3v) is 3.74. The Kier molecular flexibility index (Phi) is 8.31. The van der Waals surface area contributed by atoms with Crippen LogP contribution in [0.2, 0.25) is 0 Å². The van der Waals surface area contributed by atoms with Crippen LogP contribution in [0.15, 0.2) is 47.6 Å². The van der Waals surface area contributed by atoms with Gasteiger partial charge in [-0.25, -0.2) is 10.2 Å². The zero-order chi connectivity index (χ0) is 22.8. The molecule has 0 heterocycles. The van der Waals surface area contributed by atoms with Gasteiger partial charge < -0.3 is 19.3 Å². The van der Waals surface area contributed by atoms with Crippen LogP contribution in [0.1, 0.15) is 19.4 Å². The molecule has 0 spiro atoms. The molecule has 2 N–H and O–H groups in total. The second kappa shape index (κ2) is 11.1. The van der Waals surface area contributed by atoms with E-state index in [0.717, 1.165) is 0 Å². The van der Waals surface area contributed by atoms with Gasteiger partial charge in [-0.1, -0.05) is 12.1 Å². The average molecular weight is 431 g/mol. The van der Waals surface area contributed by atoms with Crippen LogP contribution in [0.5, 0.6) is 17.2 Å². The minimum Gasteiger partial charge on any atom is -0.490 e. The number of ether oxygens (including phenoxy) is 3. The number of amides is 1. The highest BCUT2D eigenvalue weighted by atomic mass is 16.6. The summed E-state index contributed by atoms with van der Waals surface area (Å²) in [6, 6.07) is 10.4. The summed E-state index contributed by atoms with van der Waals surface area (Å²) in [6.07, 6.45) is 0.286. The molecule has 0 aliphatic rings. The fraction of sp³-hybridized carbons (Fsp3) is 0.250. The molecule has 0 bridgehead atoms. The van der Waals surface area contributed by atoms with Gasteiger partial charge in [0, 0.05) is 6.07 Å². The molecule has 1 atom stereocenters. The predicted octanol–water partition coefficient (Wildman–Crippen LogP) is 2.37. The summed E-state index contributed by atoms with van der Waals surface area (Å²) in [7, 11) is 0.